The van der Waals surface area contributed by atoms with Crippen LogP contribution in [0.2, 0.25) is 5.02 Å². The van der Waals surface area contributed by atoms with Crippen LogP contribution in [0.25, 0.3) is 5.78 Å². The standard InChI is InChI=1S/C16H18ClN5O/c1-2-14-9-15(22-16(21-14)19-11-20-22)18-7-8-23-10-12-3-5-13(17)6-4-12/h3-6,9,11,18H,2,7-8,10H2,1H3. The number of rotatable bonds is 7. The highest BCUT2D eigenvalue weighted by molar-refractivity contribution is 6.30. The summed E-state index contributed by atoms with van der Waals surface area (Å²) < 4.78 is 7.36. The van der Waals surface area contributed by atoms with Gasteiger partial charge < -0.3 is 10.1 Å². The van der Waals surface area contributed by atoms with Gasteiger partial charge in [-0.25, -0.2) is 4.98 Å². The highest BCUT2D eigenvalue weighted by Crippen LogP contribution is 2.12. The largest absolute Gasteiger partial charge is 0.375 e. The molecule has 0 radical (unpaired) electrons. The van der Waals surface area contributed by atoms with E-state index in [0.29, 0.717) is 25.5 Å². The predicted octanol–water partition coefficient (Wildman–Crippen LogP) is 2.97. The van der Waals surface area contributed by atoms with Gasteiger partial charge in [0, 0.05) is 23.3 Å². The number of aryl methyl sites for hydroxylation is 1. The average Bonchev–Trinajstić information content (AvgIpc) is 3.04. The predicted molar refractivity (Wildman–Crippen MR) is 89.8 cm³/mol. The van der Waals surface area contributed by atoms with E-state index < -0.39 is 0 Å². The maximum Gasteiger partial charge on any atom is 0.254 e. The smallest absolute Gasteiger partial charge is 0.254 e. The quantitative estimate of drug-likeness (QED) is 0.674. The molecular formula is C16H18ClN5O. The molecule has 2 aromatic heterocycles. The molecule has 0 spiro atoms. The number of benzene rings is 1. The Hall–Kier alpha value is -2.18. The van der Waals surface area contributed by atoms with Gasteiger partial charge in [0.2, 0.25) is 0 Å². The minimum atomic E-state index is 0.564. The first-order valence-electron chi connectivity index (χ1n) is 7.52. The van der Waals surface area contributed by atoms with Gasteiger partial charge in [-0.05, 0) is 24.1 Å². The summed E-state index contributed by atoms with van der Waals surface area (Å²) in [6, 6.07) is 9.64. The zero-order chi connectivity index (χ0) is 16.1. The fourth-order valence-corrected chi connectivity index (χ4v) is 2.32. The molecule has 3 rings (SSSR count). The van der Waals surface area contributed by atoms with Crippen LogP contribution in [0, 0.1) is 0 Å². The summed E-state index contributed by atoms with van der Waals surface area (Å²) in [7, 11) is 0. The number of halogens is 1. The van der Waals surface area contributed by atoms with Crippen LogP contribution < -0.4 is 5.32 Å². The molecule has 3 aromatic rings. The van der Waals surface area contributed by atoms with Crippen LogP contribution in [-0.4, -0.2) is 32.7 Å². The number of ether oxygens (including phenoxy) is 1. The Morgan fingerprint density at radius 2 is 2.09 bits per heavy atom. The van der Waals surface area contributed by atoms with Gasteiger partial charge in [0.15, 0.2) is 0 Å². The van der Waals surface area contributed by atoms with E-state index in [2.05, 4.69) is 27.3 Å². The lowest BCUT2D eigenvalue weighted by Gasteiger charge is -2.10. The number of nitrogens with one attached hydrogen (secondary N) is 1. The molecule has 0 aliphatic rings. The Morgan fingerprint density at radius 1 is 1.26 bits per heavy atom. The summed E-state index contributed by atoms with van der Waals surface area (Å²) in [5.74, 6) is 1.48. The van der Waals surface area contributed by atoms with Gasteiger partial charge >= 0.3 is 0 Å². The number of hydrogen-bond acceptors (Lipinski definition) is 5. The molecule has 7 heteroatoms. The van der Waals surface area contributed by atoms with Crippen LogP contribution in [0.5, 0.6) is 0 Å². The Bertz CT molecular complexity index is 772. The molecular weight excluding hydrogens is 314 g/mol. The molecule has 0 amide bonds. The third-order valence-corrected chi connectivity index (χ3v) is 3.65. The molecule has 0 aliphatic carbocycles. The molecule has 2 heterocycles. The second kappa shape index (κ2) is 7.39. The van der Waals surface area contributed by atoms with Gasteiger partial charge in [-0.2, -0.15) is 14.6 Å². The van der Waals surface area contributed by atoms with Crippen molar-refractivity contribution in [2.75, 3.05) is 18.5 Å². The number of aromatic nitrogens is 4. The summed E-state index contributed by atoms with van der Waals surface area (Å²) in [4.78, 5) is 8.55. The summed E-state index contributed by atoms with van der Waals surface area (Å²) in [5, 5.41) is 8.23. The Morgan fingerprint density at radius 3 is 2.87 bits per heavy atom. The third kappa shape index (κ3) is 3.97. The van der Waals surface area contributed by atoms with E-state index >= 15 is 0 Å². The minimum absolute atomic E-state index is 0.564. The number of fused-ring (bicyclic) bond motifs is 1. The van der Waals surface area contributed by atoms with E-state index in [1.165, 1.54) is 6.33 Å². The van der Waals surface area contributed by atoms with E-state index in [-0.39, 0.29) is 0 Å². The van der Waals surface area contributed by atoms with Gasteiger partial charge in [-0.3, -0.25) is 0 Å². The molecule has 0 fully saturated rings. The molecule has 23 heavy (non-hydrogen) atoms. The van der Waals surface area contributed by atoms with Crippen LogP contribution in [0.3, 0.4) is 0 Å². The molecule has 0 bridgehead atoms. The van der Waals surface area contributed by atoms with Crippen LogP contribution in [-0.2, 0) is 17.8 Å². The SMILES string of the molecule is CCc1cc(NCCOCc2ccc(Cl)cc2)n2ncnc2n1. The zero-order valence-corrected chi connectivity index (χ0v) is 13.6. The minimum Gasteiger partial charge on any atom is -0.375 e. The fraction of sp³-hybridized carbons (Fsp3) is 0.312. The summed E-state index contributed by atoms with van der Waals surface area (Å²) in [5.41, 5.74) is 2.08. The number of nitrogens with zero attached hydrogens (tertiary/aromatic N) is 4. The lowest BCUT2D eigenvalue weighted by Crippen LogP contribution is -2.13. The maximum absolute atomic E-state index is 5.86. The lowest BCUT2D eigenvalue weighted by molar-refractivity contribution is 0.130. The highest BCUT2D eigenvalue weighted by atomic mass is 35.5. The van der Waals surface area contributed by atoms with Crippen LogP contribution in [0.15, 0.2) is 36.7 Å². The first-order chi connectivity index (χ1) is 11.3. The molecule has 0 saturated carbocycles. The first-order valence-corrected chi connectivity index (χ1v) is 7.90. The van der Waals surface area contributed by atoms with Crippen molar-refractivity contribution in [3.63, 3.8) is 0 Å². The second-order valence-corrected chi connectivity index (χ2v) is 5.50. The van der Waals surface area contributed by atoms with Gasteiger partial charge in [0.1, 0.15) is 12.1 Å². The lowest BCUT2D eigenvalue weighted by atomic mass is 10.2. The zero-order valence-electron chi connectivity index (χ0n) is 12.9. The number of hydrogen-bond donors (Lipinski definition) is 1. The van der Waals surface area contributed by atoms with Crippen molar-refractivity contribution in [3.8, 4) is 0 Å². The molecule has 0 unspecified atom stereocenters. The molecule has 0 atom stereocenters. The normalized spacial score (nSPS) is 11.0. The Labute approximate surface area is 139 Å². The van der Waals surface area contributed by atoms with Crippen molar-refractivity contribution in [3.05, 3.63) is 52.9 Å². The molecule has 0 aliphatic heterocycles. The van der Waals surface area contributed by atoms with E-state index in [1.807, 2.05) is 30.3 Å². The van der Waals surface area contributed by atoms with Gasteiger partial charge in [-0.15, -0.1) is 0 Å². The van der Waals surface area contributed by atoms with Crippen LogP contribution >= 0.6 is 11.6 Å². The first kappa shape index (κ1) is 15.7. The van der Waals surface area contributed by atoms with Gasteiger partial charge in [-0.1, -0.05) is 30.7 Å². The Kier molecular flexibility index (Phi) is 5.05. The average molecular weight is 332 g/mol. The molecule has 1 N–H and O–H groups in total. The third-order valence-electron chi connectivity index (χ3n) is 3.40. The van der Waals surface area contributed by atoms with Gasteiger partial charge in [0.25, 0.3) is 5.78 Å². The van der Waals surface area contributed by atoms with Crippen LogP contribution in [0.1, 0.15) is 18.2 Å². The maximum atomic E-state index is 5.86. The van der Waals surface area contributed by atoms with Crippen LogP contribution in [0.4, 0.5) is 5.82 Å². The van der Waals surface area contributed by atoms with E-state index in [4.69, 9.17) is 16.3 Å². The summed E-state index contributed by atoms with van der Waals surface area (Å²) >= 11 is 5.86. The van der Waals surface area contributed by atoms with E-state index in [0.717, 1.165) is 28.5 Å². The second-order valence-electron chi connectivity index (χ2n) is 5.06. The van der Waals surface area contributed by atoms with Crippen molar-refractivity contribution in [1.82, 2.24) is 19.6 Å². The highest BCUT2D eigenvalue weighted by Gasteiger charge is 2.06. The van der Waals surface area contributed by atoms with Crippen molar-refractivity contribution in [2.24, 2.45) is 0 Å². The molecule has 0 saturated heterocycles. The molecule has 6 nitrogen and oxygen atoms in total. The molecule has 1 aromatic carbocycles. The van der Waals surface area contributed by atoms with Crippen molar-refractivity contribution in [1.29, 1.82) is 0 Å². The summed E-state index contributed by atoms with van der Waals surface area (Å²) in [6.07, 6.45) is 2.36. The topological polar surface area (TPSA) is 64.3 Å². The summed E-state index contributed by atoms with van der Waals surface area (Å²) in [6.45, 7) is 3.89. The van der Waals surface area contributed by atoms with Crippen molar-refractivity contribution < 1.29 is 4.74 Å². The fourth-order valence-electron chi connectivity index (χ4n) is 2.19. The van der Waals surface area contributed by atoms with Gasteiger partial charge in [0.05, 0.1) is 13.2 Å². The van der Waals surface area contributed by atoms with Crippen molar-refractivity contribution >= 4 is 23.2 Å². The van der Waals surface area contributed by atoms with E-state index in [9.17, 15) is 0 Å². The Balaban J connectivity index is 1.52. The monoisotopic (exact) mass is 331 g/mol. The van der Waals surface area contributed by atoms with Crippen molar-refractivity contribution in [2.45, 2.75) is 20.0 Å². The number of anilines is 1. The van der Waals surface area contributed by atoms with E-state index in [1.54, 1.807) is 4.52 Å². The molecule has 120 valence electrons.